The summed E-state index contributed by atoms with van der Waals surface area (Å²) in [7, 11) is 0. The highest BCUT2D eigenvalue weighted by Gasteiger charge is 2.06. The Bertz CT molecular complexity index is 283. The predicted octanol–water partition coefficient (Wildman–Crippen LogP) is 2.84. The van der Waals surface area contributed by atoms with E-state index in [4.69, 9.17) is 16.7 Å². The van der Waals surface area contributed by atoms with E-state index in [9.17, 15) is 0 Å². The van der Waals surface area contributed by atoms with Gasteiger partial charge in [-0.15, -0.1) is 0 Å². The third-order valence-corrected chi connectivity index (χ3v) is 2.52. The highest BCUT2D eigenvalue weighted by molar-refractivity contribution is 6.31. The van der Waals surface area contributed by atoms with E-state index < -0.39 is 0 Å². The van der Waals surface area contributed by atoms with Gasteiger partial charge in [-0.3, -0.25) is 0 Å². The average molecular weight is 198 g/mol. The minimum Gasteiger partial charge on any atom is -0.395 e. The molecule has 1 rings (SSSR count). The maximum Gasteiger partial charge on any atom is 0.0534 e. The first-order valence-electron chi connectivity index (χ1n) is 4.41. The zero-order valence-corrected chi connectivity index (χ0v) is 8.73. The number of aryl methyl sites for hydroxylation is 1. The Morgan fingerprint density at radius 1 is 1.46 bits per heavy atom. The van der Waals surface area contributed by atoms with Gasteiger partial charge in [0.2, 0.25) is 0 Å². The first-order valence-corrected chi connectivity index (χ1v) is 4.79. The Labute approximate surface area is 84.4 Å². The second-order valence-corrected chi connectivity index (χ2v) is 3.51. The molecule has 0 amide bonds. The van der Waals surface area contributed by atoms with Crippen molar-refractivity contribution in [1.82, 2.24) is 0 Å². The molecule has 71 valence electrons. The Kier molecular flexibility index (Phi) is 3.76. The molecule has 0 atom stereocenters. The molecule has 0 unspecified atom stereocenters. The van der Waals surface area contributed by atoms with Gasteiger partial charge in [0, 0.05) is 10.9 Å². The van der Waals surface area contributed by atoms with Gasteiger partial charge in [0.25, 0.3) is 0 Å². The number of aliphatic hydroxyl groups excluding tert-OH is 1. The second kappa shape index (κ2) is 4.64. The van der Waals surface area contributed by atoms with Crippen LogP contribution in [0.1, 0.15) is 25.0 Å². The maximum absolute atomic E-state index is 8.93. The van der Waals surface area contributed by atoms with Crippen molar-refractivity contribution < 1.29 is 5.11 Å². The van der Waals surface area contributed by atoms with Crippen LogP contribution in [0, 0.1) is 5.92 Å². The van der Waals surface area contributed by atoms with Crippen LogP contribution in [0.4, 0.5) is 0 Å². The molecule has 0 aliphatic carbocycles. The molecule has 0 fully saturated rings. The lowest BCUT2D eigenvalue weighted by Crippen LogP contribution is -2.00. The van der Waals surface area contributed by atoms with Gasteiger partial charge in [-0.05, 0) is 23.6 Å². The molecule has 0 saturated carbocycles. The number of halogens is 1. The van der Waals surface area contributed by atoms with Crippen LogP contribution in [-0.2, 0) is 6.42 Å². The van der Waals surface area contributed by atoms with E-state index in [1.807, 2.05) is 25.1 Å². The molecule has 0 saturated heterocycles. The van der Waals surface area contributed by atoms with Crippen molar-refractivity contribution >= 4 is 11.6 Å². The number of hydrogen-bond donors (Lipinski definition) is 1. The first-order chi connectivity index (χ1) is 6.19. The van der Waals surface area contributed by atoms with E-state index in [0.717, 1.165) is 28.5 Å². The smallest absolute Gasteiger partial charge is 0.0534 e. The highest BCUT2D eigenvalue weighted by atomic mass is 35.5. The largest absolute Gasteiger partial charge is 0.395 e. The van der Waals surface area contributed by atoms with Gasteiger partial charge in [0.15, 0.2) is 0 Å². The molecule has 0 bridgehead atoms. The van der Waals surface area contributed by atoms with Crippen LogP contribution in [0.15, 0.2) is 18.2 Å². The Morgan fingerprint density at radius 3 is 2.62 bits per heavy atom. The maximum atomic E-state index is 8.93. The van der Waals surface area contributed by atoms with E-state index in [1.165, 1.54) is 0 Å². The topological polar surface area (TPSA) is 20.2 Å². The SMILES string of the molecule is CCc1ccc([C](C)CO)cc1Cl. The summed E-state index contributed by atoms with van der Waals surface area (Å²) in [4.78, 5) is 0. The Balaban J connectivity index is 2.95. The molecule has 0 aliphatic heterocycles. The van der Waals surface area contributed by atoms with Crippen LogP contribution >= 0.6 is 11.6 Å². The van der Waals surface area contributed by atoms with Crippen molar-refractivity contribution in [2.45, 2.75) is 20.3 Å². The fraction of sp³-hybridized carbons (Fsp3) is 0.364. The summed E-state index contributed by atoms with van der Waals surface area (Å²) in [5.41, 5.74) is 2.17. The molecular weight excluding hydrogens is 184 g/mol. The summed E-state index contributed by atoms with van der Waals surface area (Å²) in [6.07, 6.45) is 0.942. The summed E-state index contributed by atoms with van der Waals surface area (Å²) in [5, 5.41) is 9.71. The van der Waals surface area contributed by atoms with Crippen molar-refractivity contribution in [2.75, 3.05) is 6.61 Å². The van der Waals surface area contributed by atoms with E-state index in [1.54, 1.807) is 0 Å². The molecule has 2 heteroatoms. The van der Waals surface area contributed by atoms with E-state index in [-0.39, 0.29) is 6.61 Å². The molecular formula is C11H14ClO. The highest BCUT2D eigenvalue weighted by Crippen LogP contribution is 2.22. The monoisotopic (exact) mass is 197 g/mol. The van der Waals surface area contributed by atoms with Gasteiger partial charge in [-0.25, -0.2) is 0 Å². The van der Waals surface area contributed by atoms with Crippen molar-refractivity contribution in [3.63, 3.8) is 0 Å². The van der Waals surface area contributed by atoms with Gasteiger partial charge in [-0.1, -0.05) is 37.6 Å². The van der Waals surface area contributed by atoms with Gasteiger partial charge in [0.1, 0.15) is 0 Å². The lowest BCUT2D eigenvalue weighted by molar-refractivity contribution is 0.315. The minimum absolute atomic E-state index is 0.0851. The molecule has 1 N–H and O–H groups in total. The molecule has 0 spiro atoms. The third kappa shape index (κ3) is 2.45. The summed E-state index contributed by atoms with van der Waals surface area (Å²) >= 11 is 6.04. The molecule has 0 aromatic heterocycles. The predicted molar refractivity (Wildman–Crippen MR) is 55.9 cm³/mol. The molecule has 1 aromatic carbocycles. The number of aliphatic hydroxyl groups is 1. The van der Waals surface area contributed by atoms with Crippen LogP contribution in [0.25, 0.3) is 0 Å². The number of rotatable bonds is 3. The zero-order valence-electron chi connectivity index (χ0n) is 7.97. The van der Waals surface area contributed by atoms with Crippen molar-refractivity contribution in [3.05, 3.63) is 40.3 Å². The summed E-state index contributed by atoms with van der Waals surface area (Å²) in [6, 6.07) is 5.92. The van der Waals surface area contributed by atoms with Crippen LogP contribution < -0.4 is 0 Å². The van der Waals surface area contributed by atoms with E-state index >= 15 is 0 Å². The average Bonchev–Trinajstić information content (AvgIpc) is 2.16. The molecule has 13 heavy (non-hydrogen) atoms. The fourth-order valence-corrected chi connectivity index (χ4v) is 1.50. The van der Waals surface area contributed by atoms with Crippen molar-refractivity contribution in [3.8, 4) is 0 Å². The molecule has 1 aromatic rings. The zero-order chi connectivity index (χ0) is 9.84. The summed E-state index contributed by atoms with van der Waals surface area (Å²) in [5.74, 6) is 0.949. The van der Waals surface area contributed by atoms with Crippen molar-refractivity contribution in [2.24, 2.45) is 0 Å². The van der Waals surface area contributed by atoms with Gasteiger partial charge in [0.05, 0.1) is 6.61 Å². The number of benzene rings is 1. The minimum atomic E-state index is 0.0851. The Morgan fingerprint density at radius 2 is 2.15 bits per heavy atom. The second-order valence-electron chi connectivity index (χ2n) is 3.10. The van der Waals surface area contributed by atoms with Crippen LogP contribution in [0.5, 0.6) is 0 Å². The van der Waals surface area contributed by atoms with Crippen molar-refractivity contribution in [1.29, 1.82) is 0 Å². The van der Waals surface area contributed by atoms with Gasteiger partial charge >= 0.3 is 0 Å². The normalized spacial score (nSPS) is 10.8. The number of hydrogen-bond acceptors (Lipinski definition) is 1. The molecule has 1 radical (unpaired) electrons. The molecule has 0 heterocycles. The summed E-state index contributed by atoms with van der Waals surface area (Å²) in [6.45, 7) is 4.06. The first kappa shape index (κ1) is 10.6. The molecule has 0 aliphatic rings. The van der Waals surface area contributed by atoms with Gasteiger partial charge in [-0.2, -0.15) is 0 Å². The quantitative estimate of drug-likeness (QED) is 0.790. The van der Waals surface area contributed by atoms with Crippen LogP contribution in [0.2, 0.25) is 5.02 Å². The molecule has 1 nitrogen and oxygen atoms in total. The van der Waals surface area contributed by atoms with Crippen LogP contribution in [0.3, 0.4) is 0 Å². The van der Waals surface area contributed by atoms with E-state index in [2.05, 4.69) is 6.92 Å². The van der Waals surface area contributed by atoms with Crippen LogP contribution in [-0.4, -0.2) is 11.7 Å². The van der Waals surface area contributed by atoms with Gasteiger partial charge < -0.3 is 5.11 Å². The fourth-order valence-electron chi connectivity index (χ4n) is 1.19. The lowest BCUT2D eigenvalue weighted by Gasteiger charge is -2.09. The summed E-state index contributed by atoms with van der Waals surface area (Å²) < 4.78 is 0. The standard InChI is InChI=1S/C11H14ClO/c1-3-9-4-5-10(6-11(9)12)8(2)7-13/h4-6,13H,3,7H2,1-2H3. The lowest BCUT2D eigenvalue weighted by atomic mass is 10.00. The van der Waals surface area contributed by atoms with E-state index in [0.29, 0.717) is 0 Å². The third-order valence-electron chi connectivity index (χ3n) is 2.16. The Hall–Kier alpha value is -0.530.